The molecule has 0 unspecified atom stereocenters. The van der Waals surface area contributed by atoms with Crippen molar-refractivity contribution in [2.45, 2.75) is 19.1 Å². The van der Waals surface area contributed by atoms with Crippen LogP contribution in [0.4, 0.5) is 0 Å². The number of phenolic OH excluding ortho intramolecular Hbond substituents is 1. The third-order valence-corrected chi connectivity index (χ3v) is 2.19. The minimum atomic E-state index is -0.665. The molecule has 1 aromatic carbocycles. The molecule has 0 fully saturated rings. The van der Waals surface area contributed by atoms with Gasteiger partial charge in [-0.05, 0) is 24.6 Å². The third-order valence-electron chi connectivity index (χ3n) is 1.86. The van der Waals surface area contributed by atoms with Crippen LogP contribution in [0.5, 0.6) is 5.75 Å². The highest BCUT2D eigenvalue weighted by Crippen LogP contribution is 2.26. The predicted octanol–water partition coefficient (Wildman–Crippen LogP) is 1.43. The van der Waals surface area contributed by atoms with Crippen LogP contribution in [-0.2, 0) is 0 Å². The summed E-state index contributed by atoms with van der Waals surface area (Å²) >= 11 is 5.82. The summed E-state index contributed by atoms with van der Waals surface area (Å²) in [7, 11) is 0. The van der Waals surface area contributed by atoms with Crippen LogP contribution in [0.3, 0.4) is 0 Å². The van der Waals surface area contributed by atoms with E-state index < -0.39 is 12.1 Å². The van der Waals surface area contributed by atoms with Crippen molar-refractivity contribution in [3.63, 3.8) is 0 Å². The number of aromatic hydroxyl groups is 1. The van der Waals surface area contributed by atoms with Crippen molar-refractivity contribution in [2.24, 2.45) is 5.73 Å². The molecule has 0 aliphatic carbocycles. The van der Waals surface area contributed by atoms with Gasteiger partial charge in [0.05, 0.1) is 12.1 Å². The molecule has 4 N–H and O–H groups in total. The zero-order valence-electron chi connectivity index (χ0n) is 7.24. The molecule has 0 saturated carbocycles. The topological polar surface area (TPSA) is 66.5 Å². The highest BCUT2D eigenvalue weighted by Gasteiger charge is 2.15. The summed E-state index contributed by atoms with van der Waals surface area (Å²) in [6.07, 6.45) is -0.665. The summed E-state index contributed by atoms with van der Waals surface area (Å²) in [5, 5.41) is 18.7. The number of hydrogen-bond donors (Lipinski definition) is 3. The van der Waals surface area contributed by atoms with Gasteiger partial charge in [0.1, 0.15) is 5.75 Å². The molecule has 13 heavy (non-hydrogen) atoms. The fraction of sp³-hybridized carbons (Fsp3) is 0.333. The second kappa shape index (κ2) is 3.96. The Hall–Kier alpha value is -0.770. The Morgan fingerprint density at radius 2 is 2.08 bits per heavy atom. The maximum atomic E-state index is 9.22. The van der Waals surface area contributed by atoms with Gasteiger partial charge in [0, 0.05) is 5.02 Å². The molecule has 0 amide bonds. The van der Waals surface area contributed by atoms with Gasteiger partial charge in [-0.3, -0.25) is 0 Å². The fourth-order valence-corrected chi connectivity index (χ4v) is 1.35. The zero-order valence-corrected chi connectivity index (χ0v) is 7.99. The van der Waals surface area contributed by atoms with Gasteiger partial charge in [0.25, 0.3) is 0 Å². The van der Waals surface area contributed by atoms with Gasteiger partial charge < -0.3 is 15.9 Å². The highest BCUT2D eigenvalue weighted by atomic mass is 35.5. The van der Waals surface area contributed by atoms with Crippen LogP contribution < -0.4 is 5.73 Å². The quantitative estimate of drug-likeness (QED) is 0.678. The number of halogens is 1. The molecular formula is C9H12ClNO2. The number of nitrogens with two attached hydrogens (primary N) is 1. The standard InChI is InChI=1S/C9H12ClNO2/c1-5(12)9(11)7-3-2-6(13)4-8(7)10/h2-5,9,12-13H,11H2,1H3/t5-,9-/m1/s1. The van der Waals surface area contributed by atoms with Gasteiger partial charge >= 0.3 is 0 Å². The molecule has 0 aromatic heterocycles. The summed E-state index contributed by atoms with van der Waals surface area (Å²) in [6.45, 7) is 1.59. The van der Waals surface area contributed by atoms with E-state index in [1.165, 1.54) is 12.1 Å². The second-order valence-corrected chi connectivity index (χ2v) is 3.38. The number of hydrogen-bond acceptors (Lipinski definition) is 3. The Kier molecular flexibility index (Phi) is 3.14. The molecule has 0 spiro atoms. The van der Waals surface area contributed by atoms with Crippen molar-refractivity contribution in [1.82, 2.24) is 0 Å². The van der Waals surface area contributed by atoms with Crippen LogP contribution in [0, 0.1) is 0 Å². The van der Waals surface area contributed by atoms with Crippen LogP contribution >= 0.6 is 11.6 Å². The number of phenols is 1. The van der Waals surface area contributed by atoms with E-state index in [0.29, 0.717) is 10.6 Å². The van der Waals surface area contributed by atoms with Gasteiger partial charge in [0.2, 0.25) is 0 Å². The summed E-state index contributed by atoms with van der Waals surface area (Å²) < 4.78 is 0. The van der Waals surface area contributed by atoms with Crippen molar-refractivity contribution >= 4 is 11.6 Å². The molecule has 2 atom stereocenters. The molecule has 0 saturated heterocycles. The smallest absolute Gasteiger partial charge is 0.117 e. The van der Waals surface area contributed by atoms with E-state index >= 15 is 0 Å². The predicted molar refractivity (Wildman–Crippen MR) is 51.7 cm³/mol. The van der Waals surface area contributed by atoms with Crippen molar-refractivity contribution in [3.05, 3.63) is 28.8 Å². The first kappa shape index (κ1) is 10.3. The molecule has 0 heterocycles. The summed E-state index contributed by atoms with van der Waals surface area (Å²) in [5.74, 6) is 0.0894. The molecule has 72 valence electrons. The molecule has 1 rings (SSSR count). The number of benzene rings is 1. The lowest BCUT2D eigenvalue weighted by Crippen LogP contribution is -2.23. The molecule has 4 heteroatoms. The van der Waals surface area contributed by atoms with E-state index in [1.807, 2.05) is 0 Å². The Morgan fingerprint density at radius 3 is 2.54 bits per heavy atom. The first-order valence-electron chi connectivity index (χ1n) is 3.94. The van der Waals surface area contributed by atoms with E-state index in [1.54, 1.807) is 13.0 Å². The van der Waals surface area contributed by atoms with Crippen LogP contribution in [0.1, 0.15) is 18.5 Å². The fourth-order valence-electron chi connectivity index (χ4n) is 1.05. The average Bonchev–Trinajstić information content (AvgIpc) is 2.03. The van der Waals surface area contributed by atoms with Gasteiger partial charge in [0.15, 0.2) is 0 Å². The van der Waals surface area contributed by atoms with Gasteiger partial charge in [-0.15, -0.1) is 0 Å². The van der Waals surface area contributed by atoms with Gasteiger partial charge in [-0.2, -0.15) is 0 Å². The van der Waals surface area contributed by atoms with Crippen molar-refractivity contribution in [1.29, 1.82) is 0 Å². The largest absolute Gasteiger partial charge is 0.508 e. The molecule has 0 aliphatic rings. The first-order chi connectivity index (χ1) is 6.02. The van der Waals surface area contributed by atoms with Gasteiger partial charge in [-0.25, -0.2) is 0 Å². The first-order valence-corrected chi connectivity index (χ1v) is 4.32. The Balaban J connectivity index is 3.01. The molecule has 0 bridgehead atoms. The number of aliphatic hydroxyl groups excluding tert-OH is 1. The maximum absolute atomic E-state index is 9.22. The van der Waals surface area contributed by atoms with E-state index in [0.717, 1.165) is 0 Å². The van der Waals surface area contributed by atoms with E-state index in [2.05, 4.69) is 0 Å². The van der Waals surface area contributed by atoms with Crippen molar-refractivity contribution < 1.29 is 10.2 Å². The number of aliphatic hydroxyl groups is 1. The Morgan fingerprint density at radius 1 is 1.46 bits per heavy atom. The molecular weight excluding hydrogens is 190 g/mol. The minimum absolute atomic E-state index is 0.0894. The van der Waals surface area contributed by atoms with E-state index in [-0.39, 0.29) is 5.75 Å². The molecule has 1 aromatic rings. The highest BCUT2D eigenvalue weighted by molar-refractivity contribution is 6.31. The lowest BCUT2D eigenvalue weighted by molar-refractivity contribution is 0.164. The molecule has 3 nitrogen and oxygen atoms in total. The van der Waals surface area contributed by atoms with Crippen LogP contribution in [0.2, 0.25) is 5.02 Å². The van der Waals surface area contributed by atoms with Crippen LogP contribution in [0.15, 0.2) is 18.2 Å². The Bertz CT molecular complexity index is 302. The minimum Gasteiger partial charge on any atom is -0.508 e. The van der Waals surface area contributed by atoms with Crippen LogP contribution in [0.25, 0.3) is 0 Å². The lowest BCUT2D eigenvalue weighted by Gasteiger charge is -2.16. The third kappa shape index (κ3) is 2.34. The number of rotatable bonds is 2. The van der Waals surface area contributed by atoms with Crippen molar-refractivity contribution in [3.8, 4) is 5.75 Å². The summed E-state index contributed by atoms with van der Waals surface area (Å²) in [5.41, 5.74) is 6.31. The average molecular weight is 202 g/mol. The lowest BCUT2D eigenvalue weighted by atomic mass is 10.0. The maximum Gasteiger partial charge on any atom is 0.117 e. The molecule has 0 aliphatic heterocycles. The summed E-state index contributed by atoms with van der Waals surface area (Å²) in [6, 6.07) is 3.98. The normalized spacial score (nSPS) is 15.4. The molecule has 0 radical (unpaired) electrons. The zero-order chi connectivity index (χ0) is 10.0. The monoisotopic (exact) mass is 201 g/mol. The van der Waals surface area contributed by atoms with E-state index in [4.69, 9.17) is 22.4 Å². The van der Waals surface area contributed by atoms with Crippen molar-refractivity contribution in [2.75, 3.05) is 0 Å². The SMILES string of the molecule is C[C@@H](O)[C@@H](N)c1ccc(O)cc1Cl. The van der Waals surface area contributed by atoms with Crippen LogP contribution in [-0.4, -0.2) is 16.3 Å². The summed E-state index contributed by atoms with van der Waals surface area (Å²) in [4.78, 5) is 0. The van der Waals surface area contributed by atoms with E-state index in [9.17, 15) is 5.11 Å². The second-order valence-electron chi connectivity index (χ2n) is 2.97. The Labute approximate surface area is 81.8 Å². The van der Waals surface area contributed by atoms with Gasteiger partial charge in [-0.1, -0.05) is 17.7 Å².